The number of sulfonamides is 1. The van der Waals surface area contributed by atoms with Crippen LogP contribution in [0.15, 0.2) is 50.3 Å². The largest absolute Gasteiger partial charge is 0.355 e. The quantitative estimate of drug-likeness (QED) is 0.603. The van der Waals surface area contributed by atoms with Gasteiger partial charge in [0.1, 0.15) is 0 Å². The highest BCUT2D eigenvalue weighted by molar-refractivity contribution is 9.10. The van der Waals surface area contributed by atoms with Gasteiger partial charge in [0, 0.05) is 17.6 Å². The normalized spacial score (nSPS) is 14.9. The Morgan fingerprint density at radius 1 is 1.14 bits per heavy atom. The lowest BCUT2D eigenvalue weighted by Crippen LogP contribution is -2.35. The highest BCUT2D eigenvalue weighted by atomic mass is 79.9. The second-order valence-corrected chi connectivity index (χ2v) is 9.67. The van der Waals surface area contributed by atoms with E-state index in [1.54, 1.807) is 11.0 Å². The number of carbonyl (C=O) groups excluding carboxylic acids is 1. The predicted molar refractivity (Wildman–Crippen MR) is 113 cm³/mol. The molecule has 0 saturated carbocycles. The van der Waals surface area contributed by atoms with Crippen LogP contribution in [0.4, 0.5) is 5.69 Å². The lowest BCUT2D eigenvalue weighted by molar-refractivity contribution is 0.0716. The van der Waals surface area contributed by atoms with Crippen LogP contribution in [-0.4, -0.2) is 37.5 Å². The lowest BCUT2D eigenvalue weighted by Gasteiger charge is -2.25. The van der Waals surface area contributed by atoms with Crippen molar-refractivity contribution in [2.75, 3.05) is 17.8 Å². The maximum Gasteiger partial charge on any atom is 0.276 e. The summed E-state index contributed by atoms with van der Waals surface area (Å²) in [5, 5.41) is 4.31. The Morgan fingerprint density at radius 2 is 1.90 bits per heavy atom. The smallest absolute Gasteiger partial charge is 0.276 e. The zero-order valence-electron chi connectivity index (χ0n) is 15.8. The van der Waals surface area contributed by atoms with Crippen LogP contribution in [0, 0.1) is 6.92 Å². The number of anilines is 1. The van der Waals surface area contributed by atoms with Crippen molar-refractivity contribution in [1.82, 2.24) is 10.1 Å². The molecule has 7 nitrogen and oxygen atoms in total. The van der Waals surface area contributed by atoms with Crippen molar-refractivity contribution in [3.05, 3.63) is 52.1 Å². The number of piperidine rings is 1. The summed E-state index contributed by atoms with van der Waals surface area (Å²) in [5.74, 6) is -0.229. The molecule has 0 atom stereocenters. The summed E-state index contributed by atoms with van der Waals surface area (Å²) in [7, 11) is -3.86. The number of nitrogens with one attached hydrogen (secondary N) is 1. The first-order chi connectivity index (χ1) is 13.8. The highest BCUT2D eigenvalue weighted by Crippen LogP contribution is 2.28. The maximum atomic E-state index is 12.9. The van der Waals surface area contributed by atoms with E-state index in [1.165, 1.54) is 18.2 Å². The Balaban J connectivity index is 1.68. The summed E-state index contributed by atoms with van der Waals surface area (Å²) in [4.78, 5) is 14.6. The third kappa shape index (κ3) is 4.02. The number of nitrogens with zero attached hydrogens (tertiary/aromatic N) is 2. The molecule has 3 aromatic rings. The fourth-order valence-corrected chi connectivity index (χ4v) is 5.22. The molecular weight excluding hydrogens is 458 g/mol. The van der Waals surface area contributed by atoms with Crippen molar-refractivity contribution in [3.63, 3.8) is 0 Å². The number of amides is 1. The Hall–Kier alpha value is -2.39. The molecule has 0 spiro atoms. The molecule has 0 aliphatic carbocycles. The summed E-state index contributed by atoms with van der Waals surface area (Å²) >= 11 is 3.38. The Labute approximate surface area is 177 Å². The van der Waals surface area contributed by atoms with Crippen molar-refractivity contribution in [1.29, 1.82) is 0 Å². The summed E-state index contributed by atoms with van der Waals surface area (Å²) < 4.78 is 34.3. The van der Waals surface area contributed by atoms with E-state index in [2.05, 4.69) is 25.8 Å². The van der Waals surface area contributed by atoms with Crippen LogP contribution >= 0.6 is 15.9 Å². The molecule has 1 aromatic heterocycles. The van der Waals surface area contributed by atoms with Crippen LogP contribution in [-0.2, 0) is 10.0 Å². The molecule has 1 fully saturated rings. The van der Waals surface area contributed by atoms with Gasteiger partial charge in [-0.3, -0.25) is 9.52 Å². The average molecular weight is 478 g/mol. The van der Waals surface area contributed by atoms with Crippen LogP contribution in [0.2, 0.25) is 0 Å². The van der Waals surface area contributed by atoms with Crippen LogP contribution < -0.4 is 4.72 Å². The van der Waals surface area contributed by atoms with Crippen LogP contribution in [0.1, 0.15) is 35.3 Å². The number of hydrogen-bond donors (Lipinski definition) is 1. The number of carbonyl (C=O) groups is 1. The van der Waals surface area contributed by atoms with Gasteiger partial charge in [0.2, 0.25) is 0 Å². The molecule has 1 aliphatic rings. The maximum absolute atomic E-state index is 12.9. The zero-order valence-corrected chi connectivity index (χ0v) is 18.2. The number of fused-ring (bicyclic) bond motifs is 1. The molecule has 1 amide bonds. The molecule has 152 valence electrons. The van der Waals surface area contributed by atoms with E-state index in [0.717, 1.165) is 24.8 Å². The van der Waals surface area contributed by atoms with Crippen molar-refractivity contribution in [2.45, 2.75) is 31.1 Å². The van der Waals surface area contributed by atoms with Crippen molar-refractivity contribution < 1.29 is 17.7 Å². The molecule has 0 radical (unpaired) electrons. The average Bonchev–Trinajstić information content (AvgIpc) is 3.13. The van der Waals surface area contributed by atoms with Gasteiger partial charge in [-0.25, -0.2) is 8.42 Å². The third-order valence-corrected chi connectivity index (χ3v) is 6.99. The van der Waals surface area contributed by atoms with E-state index >= 15 is 0 Å². The summed E-state index contributed by atoms with van der Waals surface area (Å²) in [6, 6.07) is 9.74. The molecule has 29 heavy (non-hydrogen) atoms. The molecule has 1 aliphatic heterocycles. The summed E-state index contributed by atoms with van der Waals surface area (Å²) in [6.45, 7) is 3.27. The Morgan fingerprint density at radius 3 is 2.62 bits per heavy atom. The lowest BCUT2D eigenvalue weighted by atomic mass is 10.1. The first-order valence-corrected chi connectivity index (χ1v) is 11.6. The Kier molecular flexibility index (Phi) is 5.35. The van der Waals surface area contributed by atoms with E-state index in [9.17, 15) is 13.2 Å². The van der Waals surface area contributed by atoms with E-state index in [4.69, 9.17) is 4.52 Å². The van der Waals surface area contributed by atoms with Crippen LogP contribution in [0.3, 0.4) is 0 Å². The van der Waals surface area contributed by atoms with Crippen molar-refractivity contribution >= 4 is 48.5 Å². The van der Waals surface area contributed by atoms with Gasteiger partial charge < -0.3 is 9.42 Å². The van der Waals surface area contributed by atoms with Gasteiger partial charge in [0.25, 0.3) is 15.9 Å². The van der Waals surface area contributed by atoms with Gasteiger partial charge >= 0.3 is 0 Å². The number of rotatable bonds is 4. The van der Waals surface area contributed by atoms with Gasteiger partial charge in [-0.1, -0.05) is 11.2 Å². The standard InChI is InChI=1S/C20H20BrN3O4S/c1-13-5-7-17(16(21)11-13)23-29(26,27)14-6-8-18-15(12-14)19(22-28-18)20(25)24-9-3-2-4-10-24/h5-8,11-12,23H,2-4,9-10H2,1H3. The van der Waals surface area contributed by atoms with Gasteiger partial charge in [-0.05, 0) is 78.0 Å². The van der Waals surface area contributed by atoms with Crippen LogP contribution in [0.25, 0.3) is 11.0 Å². The molecule has 1 N–H and O–H groups in total. The van der Waals surface area contributed by atoms with E-state index in [-0.39, 0.29) is 16.5 Å². The second kappa shape index (κ2) is 7.79. The minimum atomic E-state index is -3.86. The molecule has 2 aromatic carbocycles. The fourth-order valence-electron chi connectivity index (χ4n) is 3.39. The number of aromatic nitrogens is 1. The monoisotopic (exact) mass is 477 g/mol. The van der Waals surface area contributed by atoms with Crippen molar-refractivity contribution in [2.24, 2.45) is 0 Å². The number of likely N-dealkylation sites (tertiary alicyclic amines) is 1. The van der Waals surface area contributed by atoms with E-state index in [0.29, 0.717) is 34.2 Å². The topological polar surface area (TPSA) is 92.5 Å². The fraction of sp³-hybridized carbons (Fsp3) is 0.300. The summed E-state index contributed by atoms with van der Waals surface area (Å²) in [6.07, 6.45) is 3.01. The van der Waals surface area contributed by atoms with Gasteiger partial charge in [-0.15, -0.1) is 0 Å². The molecule has 1 saturated heterocycles. The highest BCUT2D eigenvalue weighted by Gasteiger charge is 2.25. The number of benzene rings is 2. The SMILES string of the molecule is Cc1ccc(NS(=O)(=O)c2ccc3onc(C(=O)N4CCCCC4)c3c2)c(Br)c1. The number of aryl methyl sites for hydroxylation is 1. The van der Waals surface area contributed by atoms with Gasteiger partial charge in [0.15, 0.2) is 11.3 Å². The molecule has 0 bridgehead atoms. The molecule has 4 rings (SSSR count). The predicted octanol–water partition coefficient (Wildman–Crippen LogP) is 4.33. The first-order valence-electron chi connectivity index (χ1n) is 9.33. The van der Waals surface area contributed by atoms with E-state index < -0.39 is 10.0 Å². The van der Waals surface area contributed by atoms with Gasteiger partial charge in [0.05, 0.1) is 16.0 Å². The summed E-state index contributed by atoms with van der Waals surface area (Å²) in [5.41, 5.74) is 1.97. The zero-order chi connectivity index (χ0) is 20.6. The molecule has 9 heteroatoms. The molecule has 2 heterocycles. The minimum absolute atomic E-state index is 0.0355. The van der Waals surface area contributed by atoms with Crippen LogP contribution in [0.5, 0.6) is 0 Å². The van der Waals surface area contributed by atoms with Crippen molar-refractivity contribution in [3.8, 4) is 0 Å². The number of hydrogen-bond acceptors (Lipinski definition) is 5. The number of halogens is 1. The van der Waals surface area contributed by atoms with Gasteiger partial charge in [-0.2, -0.15) is 0 Å². The third-order valence-electron chi connectivity index (χ3n) is 4.97. The molecule has 0 unspecified atom stereocenters. The Bertz CT molecular complexity index is 1180. The second-order valence-electron chi connectivity index (χ2n) is 7.13. The van der Waals surface area contributed by atoms with E-state index in [1.807, 2.05) is 19.1 Å². The first kappa shape index (κ1) is 19.9. The minimum Gasteiger partial charge on any atom is -0.355 e. The molecular formula is C20H20BrN3O4S.